The molecule has 0 fully saturated rings. The molecule has 0 saturated heterocycles. The smallest absolute Gasteiger partial charge is 0.263 e. The van der Waals surface area contributed by atoms with Crippen LogP contribution in [0.15, 0.2) is 72.1 Å². The van der Waals surface area contributed by atoms with Crippen molar-refractivity contribution in [3.8, 4) is 0 Å². The number of hydrogen-bond acceptors (Lipinski definition) is 4. The lowest BCUT2D eigenvalue weighted by Crippen LogP contribution is -2.31. The summed E-state index contributed by atoms with van der Waals surface area (Å²) < 4.78 is 26.6. The summed E-state index contributed by atoms with van der Waals surface area (Å²) in [6.45, 7) is 3.68. The van der Waals surface area contributed by atoms with Gasteiger partial charge in [-0.2, -0.15) is 0 Å². The number of non-ortho nitro benzene ring substituents is 1. The van der Waals surface area contributed by atoms with Crippen LogP contribution < -0.4 is 4.31 Å². The average molecular weight is 318 g/mol. The van der Waals surface area contributed by atoms with E-state index in [2.05, 4.69) is 6.58 Å². The molecule has 2 aromatic rings. The minimum Gasteiger partial charge on any atom is -0.263 e. The van der Waals surface area contributed by atoms with Crippen LogP contribution in [0.25, 0.3) is 0 Å². The van der Waals surface area contributed by atoms with Crippen LogP contribution in [-0.4, -0.2) is 19.9 Å². The second-order valence-electron chi connectivity index (χ2n) is 4.41. The van der Waals surface area contributed by atoms with E-state index in [-0.39, 0.29) is 17.1 Å². The van der Waals surface area contributed by atoms with Crippen LogP contribution in [0.5, 0.6) is 0 Å². The molecule has 2 rings (SSSR count). The summed E-state index contributed by atoms with van der Waals surface area (Å²) in [4.78, 5) is 10.1. The fraction of sp³-hybridized carbons (Fsp3) is 0.0667. The molecule has 0 aliphatic heterocycles. The van der Waals surface area contributed by atoms with Crippen molar-refractivity contribution < 1.29 is 13.3 Å². The summed E-state index contributed by atoms with van der Waals surface area (Å²) >= 11 is 0. The molecule has 0 aromatic heterocycles. The van der Waals surface area contributed by atoms with E-state index >= 15 is 0 Å². The maximum atomic E-state index is 12.7. The molecule has 0 unspecified atom stereocenters. The normalized spacial score (nSPS) is 10.9. The van der Waals surface area contributed by atoms with Crippen molar-refractivity contribution in [2.24, 2.45) is 0 Å². The van der Waals surface area contributed by atoms with Gasteiger partial charge in [-0.05, 0) is 24.3 Å². The molecular formula is C15H14N2O4S. The second-order valence-corrected chi connectivity index (χ2v) is 6.27. The number of nitro groups is 1. The number of hydrogen-bond donors (Lipinski definition) is 0. The first-order valence-corrected chi connectivity index (χ1v) is 7.84. The van der Waals surface area contributed by atoms with Gasteiger partial charge in [0.2, 0.25) is 0 Å². The standard InChI is InChI=1S/C15H14N2O4S/c1-2-12-16(13-6-4-3-5-7-13)22(20,21)15-10-8-14(9-11-15)17(18)19/h2-11H,1,12H2. The number of nitro benzene ring substituents is 1. The van der Waals surface area contributed by atoms with Crippen LogP contribution in [0.4, 0.5) is 11.4 Å². The lowest BCUT2D eigenvalue weighted by Gasteiger charge is -2.23. The van der Waals surface area contributed by atoms with E-state index in [0.717, 1.165) is 0 Å². The number of benzene rings is 2. The molecule has 6 nitrogen and oxygen atoms in total. The highest BCUT2D eigenvalue weighted by Crippen LogP contribution is 2.24. The third kappa shape index (κ3) is 3.15. The summed E-state index contributed by atoms with van der Waals surface area (Å²) in [5, 5.41) is 10.7. The predicted octanol–water partition coefficient (Wildman–Crippen LogP) is 2.98. The molecule has 0 radical (unpaired) electrons. The van der Waals surface area contributed by atoms with Gasteiger partial charge in [0.15, 0.2) is 0 Å². The van der Waals surface area contributed by atoms with Gasteiger partial charge in [0.05, 0.1) is 22.1 Å². The van der Waals surface area contributed by atoms with Crippen LogP contribution in [0, 0.1) is 10.1 Å². The zero-order valence-electron chi connectivity index (χ0n) is 11.6. The van der Waals surface area contributed by atoms with Gasteiger partial charge in [0.25, 0.3) is 15.7 Å². The Morgan fingerprint density at radius 2 is 1.68 bits per heavy atom. The van der Waals surface area contributed by atoms with E-state index in [0.29, 0.717) is 5.69 Å². The topological polar surface area (TPSA) is 80.5 Å². The molecule has 22 heavy (non-hydrogen) atoms. The van der Waals surface area contributed by atoms with Crippen molar-refractivity contribution in [2.45, 2.75) is 4.90 Å². The highest BCUT2D eigenvalue weighted by atomic mass is 32.2. The van der Waals surface area contributed by atoms with Gasteiger partial charge in [-0.25, -0.2) is 8.42 Å². The molecule has 114 valence electrons. The van der Waals surface area contributed by atoms with Crippen molar-refractivity contribution in [1.82, 2.24) is 0 Å². The summed E-state index contributed by atoms with van der Waals surface area (Å²) in [6, 6.07) is 13.4. The third-order valence-corrected chi connectivity index (χ3v) is 4.78. The summed E-state index contributed by atoms with van der Waals surface area (Å²) in [5.41, 5.74) is 0.342. The molecule has 2 aromatic carbocycles. The zero-order chi connectivity index (χ0) is 16.2. The molecule has 0 N–H and O–H groups in total. The molecule has 0 bridgehead atoms. The van der Waals surface area contributed by atoms with Gasteiger partial charge in [0.1, 0.15) is 0 Å². The van der Waals surface area contributed by atoms with E-state index in [1.807, 2.05) is 0 Å². The number of para-hydroxylation sites is 1. The van der Waals surface area contributed by atoms with E-state index in [9.17, 15) is 18.5 Å². The van der Waals surface area contributed by atoms with Gasteiger partial charge < -0.3 is 0 Å². The molecule has 0 saturated carbocycles. The Bertz CT molecular complexity index is 771. The van der Waals surface area contributed by atoms with Gasteiger partial charge in [0, 0.05) is 12.1 Å². The second kappa shape index (κ2) is 6.40. The number of nitrogens with zero attached hydrogens (tertiary/aromatic N) is 2. The Kier molecular flexibility index (Phi) is 4.57. The predicted molar refractivity (Wildman–Crippen MR) is 84.3 cm³/mol. The molecule has 0 spiro atoms. The summed E-state index contributed by atoms with van der Waals surface area (Å²) in [6.07, 6.45) is 1.48. The van der Waals surface area contributed by atoms with Crippen LogP contribution in [0.3, 0.4) is 0 Å². The van der Waals surface area contributed by atoms with E-state index in [4.69, 9.17) is 0 Å². The molecule has 7 heteroatoms. The van der Waals surface area contributed by atoms with E-state index in [1.165, 1.54) is 34.6 Å². The maximum Gasteiger partial charge on any atom is 0.269 e. The maximum absolute atomic E-state index is 12.7. The summed E-state index contributed by atoms with van der Waals surface area (Å²) in [7, 11) is -3.82. The highest BCUT2D eigenvalue weighted by Gasteiger charge is 2.24. The number of sulfonamides is 1. The van der Waals surface area contributed by atoms with E-state index < -0.39 is 14.9 Å². The molecule has 0 aliphatic carbocycles. The fourth-order valence-corrected chi connectivity index (χ4v) is 3.36. The van der Waals surface area contributed by atoms with Gasteiger partial charge in [-0.1, -0.05) is 24.3 Å². The molecule has 0 aliphatic rings. The minimum absolute atomic E-state index is 0.0104. The van der Waals surface area contributed by atoms with Crippen LogP contribution in [0.1, 0.15) is 0 Å². The Balaban J connectivity index is 2.45. The van der Waals surface area contributed by atoms with Crippen molar-refractivity contribution in [3.63, 3.8) is 0 Å². The monoisotopic (exact) mass is 318 g/mol. The first-order chi connectivity index (χ1) is 10.5. The van der Waals surface area contributed by atoms with Crippen molar-refractivity contribution in [2.75, 3.05) is 10.8 Å². The Labute approximate surface area is 128 Å². The average Bonchev–Trinajstić information content (AvgIpc) is 2.53. The SMILES string of the molecule is C=CCN(c1ccccc1)S(=O)(=O)c1ccc([N+](=O)[O-])cc1. The van der Waals surface area contributed by atoms with Crippen molar-refractivity contribution in [1.29, 1.82) is 0 Å². The van der Waals surface area contributed by atoms with Crippen LogP contribution in [-0.2, 0) is 10.0 Å². The Morgan fingerprint density at radius 3 is 2.18 bits per heavy atom. The van der Waals surface area contributed by atoms with Crippen molar-refractivity contribution >= 4 is 21.4 Å². The minimum atomic E-state index is -3.82. The molecular weight excluding hydrogens is 304 g/mol. The fourth-order valence-electron chi connectivity index (χ4n) is 1.92. The summed E-state index contributed by atoms with van der Waals surface area (Å²) in [5.74, 6) is 0. The number of anilines is 1. The largest absolute Gasteiger partial charge is 0.269 e. The quantitative estimate of drug-likeness (QED) is 0.466. The van der Waals surface area contributed by atoms with Gasteiger partial charge in [-0.15, -0.1) is 6.58 Å². The Hall–Kier alpha value is -2.67. The molecule has 0 heterocycles. The highest BCUT2D eigenvalue weighted by molar-refractivity contribution is 7.92. The lowest BCUT2D eigenvalue weighted by atomic mass is 10.3. The molecule has 0 amide bonds. The van der Waals surface area contributed by atoms with Gasteiger partial charge in [-0.3, -0.25) is 14.4 Å². The van der Waals surface area contributed by atoms with Crippen LogP contribution in [0.2, 0.25) is 0 Å². The third-order valence-electron chi connectivity index (χ3n) is 2.97. The Morgan fingerprint density at radius 1 is 1.09 bits per heavy atom. The number of rotatable bonds is 6. The van der Waals surface area contributed by atoms with Gasteiger partial charge >= 0.3 is 0 Å². The molecule has 0 atom stereocenters. The first-order valence-electron chi connectivity index (χ1n) is 6.40. The zero-order valence-corrected chi connectivity index (χ0v) is 12.4. The lowest BCUT2D eigenvalue weighted by molar-refractivity contribution is -0.384. The van der Waals surface area contributed by atoms with Crippen LogP contribution >= 0.6 is 0 Å². The van der Waals surface area contributed by atoms with E-state index in [1.54, 1.807) is 30.3 Å². The van der Waals surface area contributed by atoms with Crippen molar-refractivity contribution in [3.05, 3.63) is 77.4 Å². The first kappa shape index (κ1) is 15.7.